The highest BCUT2D eigenvalue weighted by atomic mass is 35.5. The highest BCUT2D eigenvalue weighted by molar-refractivity contribution is 6.33. The van der Waals surface area contributed by atoms with E-state index in [0.29, 0.717) is 33.5 Å². The zero-order valence-electron chi connectivity index (χ0n) is 21.4. The molecule has 4 heterocycles. The normalized spacial score (nSPS) is 18.5. The number of nitrogens with zero attached hydrogens (tertiary/aromatic N) is 4. The number of carboxylic acids is 1. The summed E-state index contributed by atoms with van der Waals surface area (Å²) < 4.78 is 11.3. The van der Waals surface area contributed by atoms with Gasteiger partial charge < -0.3 is 19.3 Å². The second kappa shape index (κ2) is 9.09. The molecule has 7 rings (SSSR count). The van der Waals surface area contributed by atoms with Gasteiger partial charge in [-0.1, -0.05) is 28.9 Å². The molecule has 1 spiro atoms. The van der Waals surface area contributed by atoms with Crippen LogP contribution in [0.3, 0.4) is 0 Å². The van der Waals surface area contributed by atoms with Crippen LogP contribution in [0, 0.1) is 11.3 Å². The molecule has 1 saturated heterocycles. The quantitative estimate of drug-likeness (QED) is 0.284. The van der Waals surface area contributed by atoms with Gasteiger partial charge in [-0.05, 0) is 55.9 Å². The van der Waals surface area contributed by atoms with Gasteiger partial charge in [0.2, 0.25) is 0 Å². The number of halogens is 1. The van der Waals surface area contributed by atoms with Crippen molar-refractivity contribution < 1.29 is 19.2 Å². The lowest BCUT2D eigenvalue weighted by atomic mass is 9.57. The van der Waals surface area contributed by atoms with Crippen molar-refractivity contribution in [2.45, 2.75) is 31.6 Å². The maximum Gasteiger partial charge on any atom is 0.354 e. The Balaban J connectivity index is 1.04. The molecular formula is C30H27ClN4O4. The van der Waals surface area contributed by atoms with E-state index < -0.39 is 5.97 Å². The molecule has 2 saturated carbocycles. The van der Waals surface area contributed by atoms with E-state index in [2.05, 4.69) is 32.2 Å². The van der Waals surface area contributed by atoms with Gasteiger partial charge >= 0.3 is 5.97 Å². The number of carbonyl (C=O) groups is 1. The Hall–Kier alpha value is -3.91. The Morgan fingerprint density at radius 3 is 2.77 bits per heavy atom. The molecule has 0 unspecified atom stereocenters. The van der Waals surface area contributed by atoms with Gasteiger partial charge in [0.05, 0.1) is 17.6 Å². The lowest BCUT2D eigenvalue weighted by Gasteiger charge is -2.59. The molecule has 0 bridgehead atoms. The molecule has 2 aliphatic carbocycles. The number of methoxy groups -OCH3 is 1. The van der Waals surface area contributed by atoms with E-state index in [1.165, 1.54) is 6.07 Å². The average molecular weight is 543 g/mol. The van der Waals surface area contributed by atoms with Gasteiger partial charge in [0.15, 0.2) is 5.69 Å². The first-order valence-electron chi connectivity index (χ1n) is 13.2. The summed E-state index contributed by atoms with van der Waals surface area (Å²) >= 11 is 6.43. The smallest absolute Gasteiger partial charge is 0.354 e. The van der Waals surface area contributed by atoms with Crippen LogP contribution in [0.25, 0.3) is 28.2 Å². The van der Waals surface area contributed by atoms with Gasteiger partial charge in [0.1, 0.15) is 17.2 Å². The van der Waals surface area contributed by atoms with Crippen LogP contribution in [-0.2, 0) is 0 Å². The molecule has 1 N–H and O–H groups in total. The van der Waals surface area contributed by atoms with E-state index in [1.807, 2.05) is 24.3 Å². The van der Waals surface area contributed by atoms with E-state index in [4.69, 9.17) is 20.9 Å². The highest BCUT2D eigenvalue weighted by Crippen LogP contribution is 2.54. The minimum Gasteiger partial charge on any atom is -0.496 e. The second-order valence-corrected chi connectivity index (χ2v) is 11.4. The van der Waals surface area contributed by atoms with Crippen molar-refractivity contribution in [1.82, 2.24) is 15.1 Å². The molecule has 1 aliphatic heterocycles. The topological polar surface area (TPSA) is 102 Å². The third kappa shape index (κ3) is 4.23. The summed E-state index contributed by atoms with van der Waals surface area (Å²) in [6.45, 7) is 2.01. The molecule has 3 aromatic heterocycles. The van der Waals surface area contributed by atoms with E-state index in [-0.39, 0.29) is 5.69 Å². The Bertz CT molecular complexity index is 1630. The third-order valence-electron chi connectivity index (χ3n) is 8.27. The maximum absolute atomic E-state index is 11.4. The summed E-state index contributed by atoms with van der Waals surface area (Å²) in [5.74, 6) is 1.39. The zero-order valence-corrected chi connectivity index (χ0v) is 22.2. The number of aromatic nitrogens is 3. The number of allylic oxidation sites excluding steroid dienone is 1. The zero-order chi connectivity index (χ0) is 26.7. The summed E-state index contributed by atoms with van der Waals surface area (Å²) in [6.07, 6.45) is 12.5. The van der Waals surface area contributed by atoms with Gasteiger partial charge in [-0.15, -0.1) is 0 Å². The first-order valence-corrected chi connectivity index (χ1v) is 13.6. The Kier molecular flexibility index (Phi) is 5.63. The number of hydrogen-bond acceptors (Lipinski definition) is 7. The molecule has 39 heavy (non-hydrogen) atoms. The van der Waals surface area contributed by atoms with Crippen LogP contribution in [0.1, 0.15) is 53.4 Å². The molecule has 0 amide bonds. The van der Waals surface area contributed by atoms with Crippen molar-refractivity contribution in [1.29, 1.82) is 0 Å². The summed E-state index contributed by atoms with van der Waals surface area (Å²) in [5.41, 5.74) is 4.73. The fraction of sp³-hybridized carbons (Fsp3) is 0.333. The van der Waals surface area contributed by atoms with Crippen molar-refractivity contribution in [2.24, 2.45) is 11.3 Å². The predicted molar refractivity (Wildman–Crippen MR) is 148 cm³/mol. The SMILES string of the molecule is COc1cc(C(=O)O)nc2ccc(N3CC4(CC(C=Cc5c(-c6ccncc6Cl)noc5C5CC5)C4)C3)cc12. The highest BCUT2D eigenvalue weighted by Gasteiger charge is 2.51. The number of fused-ring (bicyclic) bond motifs is 1. The van der Waals surface area contributed by atoms with Crippen molar-refractivity contribution in [3.63, 3.8) is 0 Å². The van der Waals surface area contributed by atoms with E-state index in [0.717, 1.165) is 72.4 Å². The molecule has 3 aliphatic rings. The van der Waals surface area contributed by atoms with Crippen LogP contribution in [0.15, 0.2) is 53.3 Å². The Morgan fingerprint density at radius 1 is 1.23 bits per heavy atom. The molecule has 3 fully saturated rings. The van der Waals surface area contributed by atoms with Crippen molar-refractivity contribution in [3.8, 4) is 17.0 Å². The van der Waals surface area contributed by atoms with Gasteiger partial charge in [-0.3, -0.25) is 4.98 Å². The summed E-state index contributed by atoms with van der Waals surface area (Å²) in [4.78, 5) is 22.1. The predicted octanol–water partition coefficient (Wildman–Crippen LogP) is 6.45. The van der Waals surface area contributed by atoms with Gasteiger partial charge in [-0.2, -0.15) is 0 Å². The molecule has 0 radical (unpaired) electrons. The summed E-state index contributed by atoms with van der Waals surface area (Å²) in [7, 11) is 1.55. The van der Waals surface area contributed by atoms with E-state index >= 15 is 0 Å². The lowest BCUT2D eigenvalue weighted by Crippen LogP contribution is -2.62. The first kappa shape index (κ1) is 24.2. The van der Waals surface area contributed by atoms with Gasteiger partial charge in [-0.25, -0.2) is 9.78 Å². The van der Waals surface area contributed by atoms with E-state index in [1.54, 1.807) is 19.5 Å². The largest absolute Gasteiger partial charge is 0.496 e. The van der Waals surface area contributed by atoms with Crippen LogP contribution < -0.4 is 9.64 Å². The monoisotopic (exact) mass is 542 g/mol. The fourth-order valence-corrected chi connectivity index (χ4v) is 6.36. The Morgan fingerprint density at radius 2 is 2.05 bits per heavy atom. The van der Waals surface area contributed by atoms with E-state index in [9.17, 15) is 9.90 Å². The molecule has 0 atom stereocenters. The van der Waals surface area contributed by atoms with Crippen LogP contribution in [0.4, 0.5) is 5.69 Å². The minimum atomic E-state index is -1.07. The summed E-state index contributed by atoms with van der Waals surface area (Å²) in [5, 5.41) is 15.1. The third-order valence-corrected chi connectivity index (χ3v) is 8.57. The second-order valence-electron chi connectivity index (χ2n) is 11.0. The van der Waals surface area contributed by atoms with Crippen molar-refractivity contribution >= 4 is 40.2 Å². The van der Waals surface area contributed by atoms with Crippen LogP contribution >= 0.6 is 11.6 Å². The number of ether oxygens (including phenoxy) is 1. The molecule has 4 aromatic rings. The molecule has 1 aromatic carbocycles. The van der Waals surface area contributed by atoms with Gasteiger partial charge in [0, 0.05) is 65.1 Å². The molecule has 9 heteroatoms. The van der Waals surface area contributed by atoms with Crippen LogP contribution in [-0.4, -0.2) is 46.4 Å². The minimum absolute atomic E-state index is 0.0185. The van der Waals surface area contributed by atoms with Crippen LogP contribution in [0.5, 0.6) is 5.75 Å². The lowest BCUT2D eigenvalue weighted by molar-refractivity contribution is 0.0486. The van der Waals surface area contributed by atoms with Crippen molar-refractivity contribution in [3.05, 3.63) is 70.8 Å². The number of hydrogen-bond donors (Lipinski definition) is 1. The van der Waals surface area contributed by atoms with Gasteiger partial charge in [0.25, 0.3) is 0 Å². The molecule has 198 valence electrons. The Labute approximate surface area is 230 Å². The molecular weight excluding hydrogens is 516 g/mol. The van der Waals surface area contributed by atoms with Crippen molar-refractivity contribution in [2.75, 3.05) is 25.1 Å². The maximum atomic E-state index is 11.4. The number of pyridine rings is 2. The summed E-state index contributed by atoms with van der Waals surface area (Å²) in [6, 6.07) is 9.30. The number of rotatable bonds is 7. The molecule has 8 nitrogen and oxygen atoms in total. The number of carboxylic acid groups (broad SMARTS) is 1. The fourth-order valence-electron chi connectivity index (χ4n) is 6.16. The number of aromatic carboxylic acids is 1. The number of anilines is 1. The number of benzene rings is 1. The average Bonchev–Trinajstić information content (AvgIpc) is 3.65. The standard InChI is InChI=1S/C30H27ClN4O4/c1-38-26-11-25(29(36)37)33-24-7-5-19(10-22(24)26)35-15-30(16-35)12-17(13-30)2-6-21-27(20-8-9-32-14-23(20)31)34-39-28(21)18-3-4-18/h2,5-11,14,17-18H,3-4,12-13,15-16H2,1H3,(H,36,37). The first-order chi connectivity index (χ1) is 18.9. The van der Waals surface area contributed by atoms with Crippen LogP contribution in [0.2, 0.25) is 5.02 Å².